The number of benzene rings is 1. The lowest BCUT2D eigenvalue weighted by molar-refractivity contribution is 0.227. The van der Waals surface area contributed by atoms with E-state index in [-0.39, 0.29) is 18.0 Å². The molecule has 118 valence electrons. The number of carbonyl (C=O) groups excluding carboxylic acids is 1. The molecule has 2 rings (SSSR count). The van der Waals surface area contributed by atoms with Crippen molar-refractivity contribution in [2.45, 2.75) is 33.0 Å². The molecule has 1 unspecified atom stereocenters. The molecule has 0 aliphatic heterocycles. The first-order valence-electron chi connectivity index (χ1n) is 7.17. The fraction of sp³-hybridized carbons (Fsp3) is 0.400. The number of halogens is 1. The Kier molecular flexibility index (Phi) is 5.77. The van der Waals surface area contributed by atoms with Crippen LogP contribution < -0.4 is 10.6 Å². The number of nitrogens with one attached hydrogen (secondary N) is 2. The van der Waals surface area contributed by atoms with Gasteiger partial charge in [-0.2, -0.15) is 15.0 Å². The van der Waals surface area contributed by atoms with Gasteiger partial charge in [0.25, 0.3) is 0 Å². The van der Waals surface area contributed by atoms with Crippen molar-refractivity contribution < 1.29 is 4.79 Å². The van der Waals surface area contributed by atoms with E-state index >= 15 is 0 Å². The van der Waals surface area contributed by atoms with Gasteiger partial charge in [0.05, 0.1) is 25.0 Å². The molecule has 7 heteroatoms. The molecule has 1 aromatic heterocycles. The average molecular weight is 322 g/mol. The van der Waals surface area contributed by atoms with Crippen molar-refractivity contribution in [1.82, 2.24) is 25.6 Å². The highest BCUT2D eigenvalue weighted by Crippen LogP contribution is 2.09. The normalized spacial score (nSPS) is 12.2. The van der Waals surface area contributed by atoms with Crippen molar-refractivity contribution in [3.8, 4) is 0 Å². The van der Waals surface area contributed by atoms with E-state index in [1.54, 1.807) is 29.3 Å². The second-order valence-corrected chi connectivity index (χ2v) is 5.82. The highest BCUT2D eigenvalue weighted by molar-refractivity contribution is 6.30. The number of rotatable bonds is 6. The van der Waals surface area contributed by atoms with Crippen LogP contribution >= 0.6 is 11.6 Å². The Balaban J connectivity index is 1.84. The monoisotopic (exact) mass is 321 g/mol. The van der Waals surface area contributed by atoms with Gasteiger partial charge in [-0.3, -0.25) is 0 Å². The van der Waals surface area contributed by atoms with Gasteiger partial charge >= 0.3 is 6.03 Å². The predicted molar refractivity (Wildman–Crippen MR) is 85.5 cm³/mol. The predicted octanol–water partition coefficient (Wildman–Crippen LogP) is 2.46. The standard InChI is InChI=1S/C15H20ClN5O/c1-11(2)14(10-21-18-7-8-19-21)20-15(22)17-9-12-3-5-13(16)6-4-12/h3-8,11,14H,9-10H2,1-2H3,(H2,17,20,22). The molecule has 2 N–H and O–H groups in total. The maximum Gasteiger partial charge on any atom is 0.315 e. The van der Waals surface area contributed by atoms with Gasteiger partial charge in [-0.25, -0.2) is 4.79 Å². The largest absolute Gasteiger partial charge is 0.334 e. The smallest absolute Gasteiger partial charge is 0.315 e. The molecule has 0 aliphatic rings. The molecule has 0 spiro atoms. The summed E-state index contributed by atoms with van der Waals surface area (Å²) in [4.78, 5) is 13.6. The van der Waals surface area contributed by atoms with Crippen molar-refractivity contribution in [1.29, 1.82) is 0 Å². The van der Waals surface area contributed by atoms with Crippen LogP contribution in [0.25, 0.3) is 0 Å². The highest BCUT2D eigenvalue weighted by Gasteiger charge is 2.17. The van der Waals surface area contributed by atoms with Crippen molar-refractivity contribution in [2.75, 3.05) is 0 Å². The molecule has 22 heavy (non-hydrogen) atoms. The van der Waals surface area contributed by atoms with Gasteiger partial charge in [0.1, 0.15) is 0 Å². The summed E-state index contributed by atoms with van der Waals surface area (Å²) in [6, 6.07) is 7.12. The second-order valence-electron chi connectivity index (χ2n) is 5.39. The van der Waals surface area contributed by atoms with Crippen LogP contribution in [0.15, 0.2) is 36.7 Å². The fourth-order valence-electron chi connectivity index (χ4n) is 1.94. The molecule has 1 atom stereocenters. The van der Waals surface area contributed by atoms with Crippen LogP contribution in [0, 0.1) is 5.92 Å². The molecule has 0 fully saturated rings. The zero-order valence-electron chi connectivity index (χ0n) is 12.7. The molecular weight excluding hydrogens is 302 g/mol. The van der Waals surface area contributed by atoms with Crippen LogP contribution in [0.4, 0.5) is 4.79 Å². The molecular formula is C15H20ClN5O. The van der Waals surface area contributed by atoms with Crippen molar-refractivity contribution in [3.05, 3.63) is 47.2 Å². The van der Waals surface area contributed by atoms with Crippen LogP contribution in [-0.2, 0) is 13.1 Å². The Morgan fingerprint density at radius 2 is 1.86 bits per heavy atom. The van der Waals surface area contributed by atoms with E-state index in [4.69, 9.17) is 11.6 Å². The fourth-order valence-corrected chi connectivity index (χ4v) is 2.07. The van der Waals surface area contributed by atoms with Gasteiger partial charge in [-0.15, -0.1) is 0 Å². The third-order valence-electron chi connectivity index (χ3n) is 3.31. The summed E-state index contributed by atoms with van der Waals surface area (Å²) in [5, 5.41) is 14.6. The number of hydrogen-bond donors (Lipinski definition) is 2. The summed E-state index contributed by atoms with van der Waals surface area (Å²) in [5.41, 5.74) is 0.995. The van der Waals surface area contributed by atoms with Crippen LogP contribution in [0.2, 0.25) is 5.02 Å². The van der Waals surface area contributed by atoms with Gasteiger partial charge in [-0.1, -0.05) is 37.6 Å². The van der Waals surface area contributed by atoms with E-state index in [9.17, 15) is 4.79 Å². The Morgan fingerprint density at radius 1 is 1.23 bits per heavy atom. The topological polar surface area (TPSA) is 71.8 Å². The Hall–Kier alpha value is -2.08. The molecule has 1 aromatic carbocycles. The summed E-state index contributed by atoms with van der Waals surface area (Å²) in [6.45, 7) is 5.09. The minimum atomic E-state index is -0.208. The minimum Gasteiger partial charge on any atom is -0.334 e. The third-order valence-corrected chi connectivity index (χ3v) is 3.57. The van der Waals surface area contributed by atoms with E-state index < -0.39 is 0 Å². The molecule has 0 saturated heterocycles. The van der Waals surface area contributed by atoms with Crippen LogP contribution in [0.3, 0.4) is 0 Å². The number of aromatic nitrogens is 3. The molecule has 1 heterocycles. The Bertz CT molecular complexity index is 582. The molecule has 0 aliphatic carbocycles. The maximum atomic E-state index is 12.0. The van der Waals surface area contributed by atoms with E-state index in [1.165, 1.54) is 0 Å². The van der Waals surface area contributed by atoms with Crippen molar-refractivity contribution in [2.24, 2.45) is 5.92 Å². The van der Waals surface area contributed by atoms with Crippen molar-refractivity contribution in [3.63, 3.8) is 0 Å². The Morgan fingerprint density at radius 3 is 2.45 bits per heavy atom. The van der Waals surface area contributed by atoms with Gasteiger partial charge < -0.3 is 10.6 Å². The molecule has 0 radical (unpaired) electrons. The Labute approximate surface area is 134 Å². The molecule has 0 saturated carbocycles. The first-order valence-corrected chi connectivity index (χ1v) is 7.55. The third kappa shape index (κ3) is 5.04. The zero-order valence-corrected chi connectivity index (χ0v) is 13.4. The van der Waals surface area contributed by atoms with Crippen LogP contribution in [0.5, 0.6) is 0 Å². The van der Waals surface area contributed by atoms with Crippen molar-refractivity contribution >= 4 is 17.6 Å². The lowest BCUT2D eigenvalue weighted by Gasteiger charge is -2.22. The second kappa shape index (κ2) is 7.79. The summed E-state index contributed by atoms with van der Waals surface area (Å²) in [5.74, 6) is 0.271. The molecule has 2 aromatic rings. The quantitative estimate of drug-likeness (QED) is 0.858. The molecule has 6 nitrogen and oxygen atoms in total. The van der Waals surface area contributed by atoms with Gasteiger partial charge in [0.15, 0.2) is 0 Å². The van der Waals surface area contributed by atoms with E-state index in [0.29, 0.717) is 18.1 Å². The van der Waals surface area contributed by atoms with Crippen LogP contribution in [0.1, 0.15) is 19.4 Å². The van der Waals surface area contributed by atoms with Crippen LogP contribution in [-0.4, -0.2) is 27.1 Å². The molecule has 2 amide bonds. The first kappa shape index (κ1) is 16.3. The molecule has 0 bridgehead atoms. The lowest BCUT2D eigenvalue weighted by atomic mass is 10.1. The average Bonchev–Trinajstić information content (AvgIpc) is 2.99. The number of carbonyl (C=O) groups is 1. The summed E-state index contributed by atoms with van der Waals surface area (Å²) >= 11 is 5.83. The maximum absolute atomic E-state index is 12.0. The summed E-state index contributed by atoms with van der Waals surface area (Å²) < 4.78 is 0. The number of urea groups is 1. The van der Waals surface area contributed by atoms with Gasteiger partial charge in [-0.05, 0) is 23.6 Å². The highest BCUT2D eigenvalue weighted by atomic mass is 35.5. The number of hydrogen-bond acceptors (Lipinski definition) is 3. The first-order chi connectivity index (χ1) is 10.5. The number of amides is 2. The van der Waals surface area contributed by atoms with E-state index in [1.807, 2.05) is 26.0 Å². The number of nitrogens with zero attached hydrogens (tertiary/aromatic N) is 3. The summed E-state index contributed by atoms with van der Waals surface area (Å²) in [6.07, 6.45) is 3.25. The van der Waals surface area contributed by atoms with E-state index in [0.717, 1.165) is 5.56 Å². The van der Waals surface area contributed by atoms with Gasteiger partial charge in [0, 0.05) is 11.6 Å². The summed E-state index contributed by atoms with van der Waals surface area (Å²) in [7, 11) is 0. The zero-order chi connectivity index (χ0) is 15.9. The van der Waals surface area contributed by atoms with E-state index in [2.05, 4.69) is 20.8 Å². The van der Waals surface area contributed by atoms with Gasteiger partial charge in [0.2, 0.25) is 0 Å². The minimum absolute atomic E-state index is 0.0439. The lowest BCUT2D eigenvalue weighted by Crippen LogP contribution is -2.46. The SMILES string of the molecule is CC(C)C(Cn1nccn1)NC(=O)NCc1ccc(Cl)cc1.